The van der Waals surface area contributed by atoms with Crippen LogP contribution < -0.4 is 5.73 Å². The maximum absolute atomic E-state index is 6.30. The van der Waals surface area contributed by atoms with Gasteiger partial charge >= 0.3 is 0 Å². The van der Waals surface area contributed by atoms with Crippen LogP contribution in [0.15, 0.2) is 24.5 Å². The first kappa shape index (κ1) is 13.1. The summed E-state index contributed by atoms with van der Waals surface area (Å²) in [6, 6.07) is 3.82. The van der Waals surface area contributed by atoms with E-state index in [1.165, 1.54) is 0 Å². The molecule has 18 heavy (non-hydrogen) atoms. The van der Waals surface area contributed by atoms with E-state index in [1.54, 1.807) is 12.4 Å². The lowest BCUT2D eigenvalue weighted by atomic mass is 10.0. The van der Waals surface area contributed by atoms with Gasteiger partial charge < -0.3 is 5.73 Å². The molecule has 2 rings (SSSR count). The highest BCUT2D eigenvalue weighted by Gasteiger charge is 2.20. The van der Waals surface area contributed by atoms with E-state index in [1.807, 2.05) is 23.7 Å². The molecule has 0 fully saturated rings. The van der Waals surface area contributed by atoms with Crippen LogP contribution in [-0.2, 0) is 0 Å². The number of halogens is 1. The number of hydrogen-bond acceptors (Lipinski definition) is 3. The van der Waals surface area contributed by atoms with Gasteiger partial charge in [0.2, 0.25) is 0 Å². The Labute approximate surface area is 112 Å². The fourth-order valence-corrected chi connectivity index (χ4v) is 2.22. The standard InChI is InChI=1S/C13H17ClN4/c1-8(2)18-13(11(14)7-17-18)12(15)10-4-5-16-9(3)6-10/h4-8,12H,15H2,1-3H3. The Morgan fingerprint density at radius 1 is 1.39 bits per heavy atom. The van der Waals surface area contributed by atoms with Crippen LogP contribution in [0, 0.1) is 6.92 Å². The zero-order chi connectivity index (χ0) is 13.3. The number of nitrogens with zero attached hydrogens (tertiary/aromatic N) is 3. The van der Waals surface area contributed by atoms with Gasteiger partial charge in [-0.2, -0.15) is 5.10 Å². The summed E-state index contributed by atoms with van der Waals surface area (Å²) in [7, 11) is 0. The lowest BCUT2D eigenvalue weighted by molar-refractivity contribution is 0.499. The Morgan fingerprint density at radius 2 is 2.11 bits per heavy atom. The highest BCUT2D eigenvalue weighted by atomic mass is 35.5. The van der Waals surface area contributed by atoms with Gasteiger partial charge in [0, 0.05) is 17.9 Å². The van der Waals surface area contributed by atoms with E-state index in [4.69, 9.17) is 17.3 Å². The highest BCUT2D eigenvalue weighted by molar-refractivity contribution is 6.31. The molecule has 5 heteroatoms. The third-order valence-corrected chi connectivity index (χ3v) is 3.14. The molecule has 1 unspecified atom stereocenters. The van der Waals surface area contributed by atoms with Crippen LogP contribution >= 0.6 is 11.6 Å². The molecule has 0 bridgehead atoms. The minimum absolute atomic E-state index is 0.224. The third kappa shape index (κ3) is 2.40. The summed E-state index contributed by atoms with van der Waals surface area (Å²) in [5.41, 5.74) is 9.07. The summed E-state index contributed by atoms with van der Waals surface area (Å²) in [4.78, 5) is 4.17. The van der Waals surface area contributed by atoms with E-state index >= 15 is 0 Å². The lowest BCUT2D eigenvalue weighted by Gasteiger charge is -2.17. The lowest BCUT2D eigenvalue weighted by Crippen LogP contribution is -2.19. The van der Waals surface area contributed by atoms with Crippen molar-refractivity contribution in [2.75, 3.05) is 0 Å². The zero-order valence-corrected chi connectivity index (χ0v) is 11.5. The van der Waals surface area contributed by atoms with Crippen molar-refractivity contribution in [3.63, 3.8) is 0 Å². The van der Waals surface area contributed by atoms with Crippen LogP contribution in [0.25, 0.3) is 0 Å². The van der Waals surface area contributed by atoms with Gasteiger partial charge in [-0.25, -0.2) is 0 Å². The van der Waals surface area contributed by atoms with Crippen LogP contribution in [0.4, 0.5) is 0 Å². The predicted molar refractivity (Wildman–Crippen MR) is 72.6 cm³/mol. The predicted octanol–water partition coefficient (Wildman–Crippen LogP) is 2.87. The number of aromatic nitrogens is 3. The van der Waals surface area contributed by atoms with Crippen LogP contribution in [0.5, 0.6) is 0 Å². The van der Waals surface area contributed by atoms with Crippen molar-refractivity contribution in [3.8, 4) is 0 Å². The average molecular weight is 265 g/mol. The molecule has 0 aromatic carbocycles. The Morgan fingerprint density at radius 3 is 2.72 bits per heavy atom. The number of aryl methyl sites for hydroxylation is 1. The quantitative estimate of drug-likeness (QED) is 0.927. The molecule has 2 heterocycles. The van der Waals surface area contributed by atoms with E-state index in [-0.39, 0.29) is 12.1 Å². The summed E-state index contributed by atoms with van der Waals surface area (Å²) in [5, 5.41) is 4.88. The maximum atomic E-state index is 6.30. The average Bonchev–Trinajstić information content (AvgIpc) is 2.70. The van der Waals surface area contributed by atoms with Gasteiger partial charge in [0.05, 0.1) is 23.0 Å². The molecule has 96 valence electrons. The van der Waals surface area contributed by atoms with Crippen LogP contribution in [-0.4, -0.2) is 14.8 Å². The molecule has 1 atom stereocenters. The molecule has 0 saturated carbocycles. The first-order valence-electron chi connectivity index (χ1n) is 5.91. The Bertz CT molecular complexity index is 548. The smallest absolute Gasteiger partial charge is 0.0837 e. The van der Waals surface area contributed by atoms with Gasteiger partial charge in [0.25, 0.3) is 0 Å². The Balaban J connectivity index is 2.45. The second-order valence-electron chi connectivity index (χ2n) is 4.62. The molecular weight excluding hydrogens is 248 g/mol. The number of rotatable bonds is 3. The normalized spacial score (nSPS) is 13.0. The van der Waals surface area contributed by atoms with Gasteiger partial charge in [0.15, 0.2) is 0 Å². The molecule has 0 aliphatic rings. The SMILES string of the molecule is Cc1cc(C(N)c2c(Cl)cnn2C(C)C)ccn1. The molecule has 0 saturated heterocycles. The molecule has 2 aromatic heterocycles. The highest BCUT2D eigenvalue weighted by Crippen LogP contribution is 2.28. The summed E-state index contributed by atoms with van der Waals surface area (Å²) in [6.07, 6.45) is 3.40. The van der Waals surface area contributed by atoms with E-state index in [9.17, 15) is 0 Å². The minimum atomic E-state index is -0.288. The van der Waals surface area contributed by atoms with E-state index < -0.39 is 0 Å². The summed E-state index contributed by atoms with van der Waals surface area (Å²) < 4.78 is 1.86. The summed E-state index contributed by atoms with van der Waals surface area (Å²) in [5.74, 6) is 0. The zero-order valence-electron chi connectivity index (χ0n) is 10.8. The molecule has 2 aromatic rings. The first-order valence-corrected chi connectivity index (χ1v) is 6.29. The second-order valence-corrected chi connectivity index (χ2v) is 5.03. The van der Waals surface area contributed by atoms with Gasteiger partial charge in [-0.05, 0) is 38.5 Å². The Kier molecular flexibility index (Phi) is 3.68. The van der Waals surface area contributed by atoms with Crippen LogP contribution in [0.1, 0.15) is 42.9 Å². The van der Waals surface area contributed by atoms with Gasteiger partial charge in [0.1, 0.15) is 0 Å². The minimum Gasteiger partial charge on any atom is -0.319 e. The van der Waals surface area contributed by atoms with Crippen molar-refractivity contribution in [1.82, 2.24) is 14.8 Å². The van der Waals surface area contributed by atoms with E-state index in [0.29, 0.717) is 5.02 Å². The van der Waals surface area contributed by atoms with Crippen molar-refractivity contribution in [2.45, 2.75) is 32.9 Å². The third-order valence-electron chi connectivity index (χ3n) is 2.85. The maximum Gasteiger partial charge on any atom is 0.0837 e. The monoisotopic (exact) mass is 264 g/mol. The molecule has 0 radical (unpaired) electrons. The van der Waals surface area contributed by atoms with Crippen LogP contribution in [0.2, 0.25) is 5.02 Å². The molecule has 0 aliphatic carbocycles. The summed E-state index contributed by atoms with van der Waals surface area (Å²) >= 11 is 6.19. The molecule has 2 N–H and O–H groups in total. The second kappa shape index (κ2) is 5.08. The van der Waals surface area contributed by atoms with Crippen molar-refractivity contribution in [2.24, 2.45) is 5.73 Å². The molecular formula is C13H17ClN4. The molecule has 4 nitrogen and oxygen atoms in total. The van der Waals surface area contributed by atoms with Gasteiger partial charge in [-0.3, -0.25) is 9.67 Å². The van der Waals surface area contributed by atoms with E-state index in [0.717, 1.165) is 17.0 Å². The number of pyridine rings is 1. The molecule has 0 amide bonds. The van der Waals surface area contributed by atoms with E-state index in [2.05, 4.69) is 23.9 Å². The van der Waals surface area contributed by atoms with Gasteiger partial charge in [-0.1, -0.05) is 11.6 Å². The van der Waals surface area contributed by atoms with Crippen molar-refractivity contribution < 1.29 is 0 Å². The first-order chi connectivity index (χ1) is 8.50. The Hall–Kier alpha value is -1.39. The molecule has 0 aliphatic heterocycles. The van der Waals surface area contributed by atoms with Crippen LogP contribution in [0.3, 0.4) is 0 Å². The topological polar surface area (TPSA) is 56.7 Å². The van der Waals surface area contributed by atoms with Crippen molar-refractivity contribution in [3.05, 3.63) is 46.5 Å². The molecule has 0 spiro atoms. The summed E-state index contributed by atoms with van der Waals surface area (Å²) in [6.45, 7) is 6.05. The van der Waals surface area contributed by atoms with Crippen molar-refractivity contribution in [1.29, 1.82) is 0 Å². The fourth-order valence-electron chi connectivity index (χ4n) is 1.97. The fraction of sp³-hybridized carbons (Fsp3) is 0.385. The number of nitrogens with two attached hydrogens (primary N) is 1. The van der Waals surface area contributed by atoms with Gasteiger partial charge in [-0.15, -0.1) is 0 Å². The van der Waals surface area contributed by atoms with Crippen molar-refractivity contribution >= 4 is 11.6 Å². The number of hydrogen-bond donors (Lipinski definition) is 1. The largest absolute Gasteiger partial charge is 0.319 e.